The zero-order chi connectivity index (χ0) is 25.9. The third-order valence-corrected chi connectivity index (χ3v) is 22.2. The van der Waals surface area contributed by atoms with Crippen LogP contribution in [-0.4, -0.2) is 82.8 Å². The molecule has 6 saturated carbocycles. The van der Waals surface area contributed by atoms with Crippen molar-refractivity contribution in [2.24, 2.45) is 11.8 Å². The Kier molecular flexibility index (Phi) is 6.56. The molecule has 4 nitrogen and oxygen atoms in total. The molecule has 18 atom stereocenters. The first kappa shape index (κ1) is 26.0. The third-order valence-electron chi connectivity index (χ3n) is 14.1. The second kappa shape index (κ2) is 10.1. The summed E-state index contributed by atoms with van der Waals surface area (Å²) >= 11 is 0. The number of rotatable bonds is 0. The summed E-state index contributed by atoms with van der Waals surface area (Å²) in [5, 5.41) is 0. The molecule has 0 aromatic heterocycles. The highest BCUT2D eigenvalue weighted by Crippen LogP contribution is 2.73. The molecule has 6 aliphatic carbocycles. The molecule has 0 aromatic carbocycles. The number of fused-ring (bicyclic) bond motifs is 11. The Morgan fingerprint density at radius 1 is 0.325 bits per heavy atom. The topological polar surface area (TPSA) is 36.9 Å². The van der Waals surface area contributed by atoms with Gasteiger partial charge < -0.3 is 18.9 Å². The Hall–Kier alpha value is 0.700. The molecule has 0 spiro atoms. The normalized spacial score (nSPS) is 61.8. The van der Waals surface area contributed by atoms with Crippen molar-refractivity contribution in [3.05, 3.63) is 0 Å². The summed E-state index contributed by atoms with van der Waals surface area (Å²) in [6, 6.07) is 0. The van der Waals surface area contributed by atoms with Crippen molar-refractivity contribution in [2.75, 3.05) is 0 Å². The summed E-state index contributed by atoms with van der Waals surface area (Å²) in [6.45, 7) is 0. The predicted molar refractivity (Wildman–Crippen MR) is 161 cm³/mol. The van der Waals surface area contributed by atoms with Crippen LogP contribution in [0, 0.1) is 11.8 Å². The maximum absolute atomic E-state index is 7.40. The number of hydrogen-bond acceptors (Lipinski definition) is 4. The lowest BCUT2D eigenvalue weighted by atomic mass is 9.67. The van der Waals surface area contributed by atoms with Gasteiger partial charge in [0.25, 0.3) is 0 Å². The van der Waals surface area contributed by atoms with Crippen LogP contribution in [0.25, 0.3) is 0 Å². The maximum Gasteiger partial charge on any atom is 0.0678 e. The van der Waals surface area contributed by atoms with Gasteiger partial charge in [-0.25, -0.2) is 0 Å². The minimum atomic E-state index is 0.0189. The molecule has 0 radical (unpaired) electrons. The predicted octanol–water partition coefficient (Wildman–Crippen LogP) is 7.57. The lowest BCUT2D eigenvalue weighted by Crippen LogP contribution is -2.66. The first-order valence-electron chi connectivity index (χ1n) is 18.0. The lowest BCUT2D eigenvalue weighted by Gasteiger charge is -2.66. The summed E-state index contributed by atoms with van der Waals surface area (Å²) in [4.78, 5) is 0. The Morgan fingerprint density at radius 3 is 1.20 bits per heavy atom. The number of hydrogen-bond donors (Lipinski definition) is 0. The molecule has 10 rings (SSSR count). The van der Waals surface area contributed by atoms with Crippen molar-refractivity contribution in [2.45, 2.75) is 198 Å². The quantitative estimate of drug-likeness (QED) is 0.275. The van der Waals surface area contributed by atoms with Crippen molar-refractivity contribution >= 4 is 15.8 Å². The Balaban J connectivity index is 0.966. The smallest absolute Gasteiger partial charge is 0.0678 e. The van der Waals surface area contributed by atoms with Crippen molar-refractivity contribution in [1.29, 1.82) is 0 Å². The molecule has 4 saturated heterocycles. The summed E-state index contributed by atoms with van der Waals surface area (Å²) in [6.07, 6.45) is 29.3. The minimum absolute atomic E-state index is 0.0189. The maximum atomic E-state index is 7.40. The first-order valence-corrected chi connectivity index (χ1v) is 21.1. The summed E-state index contributed by atoms with van der Waals surface area (Å²) in [7, 11) is 0.0378. The summed E-state index contributed by atoms with van der Waals surface area (Å²) < 4.78 is 28.7. The van der Waals surface area contributed by atoms with Crippen LogP contribution in [0.3, 0.4) is 0 Å². The highest BCUT2D eigenvalue weighted by Gasteiger charge is 2.64. The van der Waals surface area contributed by atoms with Crippen LogP contribution in [0.2, 0.25) is 0 Å². The van der Waals surface area contributed by atoms with Crippen LogP contribution in [0.1, 0.15) is 116 Å². The Morgan fingerprint density at radius 2 is 0.725 bits per heavy atom. The van der Waals surface area contributed by atoms with Gasteiger partial charge in [-0.05, 0) is 102 Å². The van der Waals surface area contributed by atoms with Gasteiger partial charge in [-0.15, -0.1) is 0 Å². The monoisotopic (exact) mass is 586 g/mol. The van der Waals surface area contributed by atoms with E-state index in [9.17, 15) is 0 Å². The van der Waals surface area contributed by atoms with E-state index in [1.165, 1.54) is 116 Å². The van der Waals surface area contributed by atoms with Gasteiger partial charge in [0.2, 0.25) is 0 Å². The van der Waals surface area contributed by atoms with Crippen LogP contribution >= 0.6 is 15.8 Å². The van der Waals surface area contributed by atoms with E-state index in [1.807, 2.05) is 0 Å². The molecule has 0 aromatic rings. The van der Waals surface area contributed by atoms with Crippen molar-refractivity contribution in [1.82, 2.24) is 0 Å². The molecule has 10 aliphatic rings. The zero-order valence-corrected chi connectivity index (χ0v) is 26.3. The van der Waals surface area contributed by atoms with Gasteiger partial charge in [0.1, 0.15) is 0 Å². The van der Waals surface area contributed by atoms with Crippen molar-refractivity contribution in [3.8, 4) is 0 Å². The van der Waals surface area contributed by atoms with E-state index in [1.54, 1.807) is 0 Å². The second-order valence-electron chi connectivity index (χ2n) is 15.8. The fourth-order valence-corrected chi connectivity index (χ4v) is 22.3. The van der Waals surface area contributed by atoms with Gasteiger partial charge in [-0.1, -0.05) is 41.5 Å². The van der Waals surface area contributed by atoms with Gasteiger partial charge in [-0.3, -0.25) is 0 Å². The molecule has 10 fully saturated rings. The minimum Gasteiger partial charge on any atom is -0.374 e. The first-order chi connectivity index (χ1) is 19.8. The largest absolute Gasteiger partial charge is 0.374 e. The van der Waals surface area contributed by atoms with Crippen LogP contribution in [0.5, 0.6) is 0 Å². The molecular formula is C34H52O4P2. The van der Waals surface area contributed by atoms with E-state index in [2.05, 4.69) is 0 Å². The summed E-state index contributed by atoms with van der Waals surface area (Å²) in [5.41, 5.74) is 5.01. The molecule has 18 unspecified atom stereocenters. The van der Waals surface area contributed by atoms with Gasteiger partial charge in [0.05, 0.1) is 48.8 Å². The van der Waals surface area contributed by atoms with E-state index in [0.29, 0.717) is 48.8 Å². The van der Waals surface area contributed by atoms with Crippen LogP contribution < -0.4 is 0 Å². The molecule has 6 heteroatoms. The van der Waals surface area contributed by atoms with E-state index < -0.39 is 0 Å². The third kappa shape index (κ3) is 3.78. The second-order valence-corrected chi connectivity index (χ2v) is 21.4. The summed E-state index contributed by atoms with van der Waals surface area (Å²) in [5.74, 6) is 1.53. The zero-order valence-electron chi connectivity index (χ0n) is 24.5. The Bertz CT molecular complexity index is 904. The number of ether oxygens (including phenoxy) is 4. The lowest BCUT2D eigenvalue weighted by molar-refractivity contribution is -0.176. The SMILES string of the molecule is C1CCC2C(C1)OC1CCCC3OC4C5CCC6C(OC7CCCC8OC9CCCCC9P6C87)C5CCC4P2C13. The molecule has 0 bridgehead atoms. The molecular weight excluding hydrogens is 534 g/mol. The van der Waals surface area contributed by atoms with Crippen molar-refractivity contribution in [3.63, 3.8) is 0 Å². The van der Waals surface area contributed by atoms with Crippen LogP contribution in [0.15, 0.2) is 0 Å². The fraction of sp³-hybridized carbons (Fsp3) is 1.00. The standard InChI is InChI=1S/C34H52O4P2/c1-3-13-27-21(7-1)35-23-9-5-11-25-33(23)39(27)29-17-15-20-19(31(29)37-25)16-18-30-32(20)38-26-12-6-10-24-34(26)40(30)28-14-4-2-8-22(28)36-24/h19-34H,1-18H2. The van der Waals surface area contributed by atoms with Crippen LogP contribution in [0.4, 0.5) is 0 Å². The molecule has 4 aliphatic heterocycles. The van der Waals surface area contributed by atoms with E-state index >= 15 is 0 Å². The molecule has 0 N–H and O–H groups in total. The van der Waals surface area contributed by atoms with Gasteiger partial charge in [-0.2, -0.15) is 0 Å². The molecule has 222 valence electrons. The molecule has 4 heterocycles. The van der Waals surface area contributed by atoms with E-state index in [-0.39, 0.29) is 15.8 Å². The highest BCUT2D eigenvalue weighted by atomic mass is 31.1. The highest BCUT2D eigenvalue weighted by molar-refractivity contribution is 7.60. The van der Waals surface area contributed by atoms with Gasteiger partial charge in [0, 0.05) is 34.0 Å². The molecule has 0 amide bonds. The van der Waals surface area contributed by atoms with Crippen molar-refractivity contribution < 1.29 is 18.9 Å². The average Bonchev–Trinajstić information content (AvgIpc) is 3.00. The Labute approximate surface area is 244 Å². The van der Waals surface area contributed by atoms with Crippen LogP contribution in [-0.2, 0) is 18.9 Å². The average molecular weight is 587 g/mol. The van der Waals surface area contributed by atoms with E-state index in [4.69, 9.17) is 18.9 Å². The van der Waals surface area contributed by atoms with E-state index in [0.717, 1.165) is 45.8 Å². The fourth-order valence-electron chi connectivity index (χ4n) is 12.8. The van der Waals surface area contributed by atoms with Gasteiger partial charge >= 0.3 is 0 Å². The van der Waals surface area contributed by atoms with Gasteiger partial charge in [0.15, 0.2) is 0 Å². The molecule has 40 heavy (non-hydrogen) atoms.